The third-order valence-electron chi connectivity index (χ3n) is 3.85. The van der Waals surface area contributed by atoms with Crippen LogP contribution in [0, 0.1) is 0 Å². The number of aryl methyl sites for hydroxylation is 1. The number of fused-ring (bicyclic) bond motifs is 1. The van der Waals surface area contributed by atoms with Crippen molar-refractivity contribution in [2.75, 3.05) is 18.0 Å². The van der Waals surface area contributed by atoms with Gasteiger partial charge in [0.1, 0.15) is 0 Å². The van der Waals surface area contributed by atoms with Crippen LogP contribution in [0.5, 0.6) is 0 Å². The van der Waals surface area contributed by atoms with Crippen molar-refractivity contribution in [1.82, 2.24) is 4.98 Å². The summed E-state index contributed by atoms with van der Waals surface area (Å²) >= 11 is 1.53. The van der Waals surface area contributed by atoms with Crippen molar-refractivity contribution in [3.63, 3.8) is 0 Å². The number of aromatic nitrogens is 1. The Bertz CT molecular complexity index is 594. The SMILES string of the molecule is CCc1nc(N2CCc3ccccc3CC2)sc1C=O. The highest BCUT2D eigenvalue weighted by atomic mass is 32.1. The van der Waals surface area contributed by atoms with Crippen LogP contribution in [0.25, 0.3) is 0 Å². The van der Waals surface area contributed by atoms with Gasteiger partial charge in [0, 0.05) is 13.1 Å². The molecule has 1 aromatic heterocycles. The number of rotatable bonds is 3. The van der Waals surface area contributed by atoms with E-state index in [9.17, 15) is 4.79 Å². The zero-order valence-electron chi connectivity index (χ0n) is 11.6. The lowest BCUT2D eigenvalue weighted by Gasteiger charge is -2.18. The number of benzene rings is 1. The first-order chi connectivity index (χ1) is 9.81. The predicted octanol–water partition coefficient (Wildman–Crippen LogP) is 3.12. The molecule has 3 nitrogen and oxygen atoms in total. The quantitative estimate of drug-likeness (QED) is 0.813. The van der Waals surface area contributed by atoms with Crippen molar-refractivity contribution in [2.45, 2.75) is 26.2 Å². The van der Waals surface area contributed by atoms with Crippen LogP contribution in [-0.4, -0.2) is 24.4 Å². The van der Waals surface area contributed by atoms with Crippen LogP contribution in [0.4, 0.5) is 5.13 Å². The van der Waals surface area contributed by atoms with E-state index in [4.69, 9.17) is 0 Å². The second kappa shape index (κ2) is 5.75. The first-order valence-electron chi connectivity index (χ1n) is 7.08. The average molecular weight is 286 g/mol. The van der Waals surface area contributed by atoms with Gasteiger partial charge in [-0.1, -0.05) is 42.5 Å². The number of hydrogen-bond acceptors (Lipinski definition) is 4. The van der Waals surface area contributed by atoms with Gasteiger partial charge in [0.05, 0.1) is 10.6 Å². The molecule has 1 aromatic carbocycles. The van der Waals surface area contributed by atoms with Gasteiger partial charge in [-0.05, 0) is 30.4 Å². The molecule has 0 aliphatic carbocycles. The van der Waals surface area contributed by atoms with E-state index in [1.807, 2.05) is 6.92 Å². The summed E-state index contributed by atoms with van der Waals surface area (Å²) < 4.78 is 0. The zero-order valence-corrected chi connectivity index (χ0v) is 12.4. The number of nitrogens with zero attached hydrogens (tertiary/aromatic N) is 2. The summed E-state index contributed by atoms with van der Waals surface area (Å²) in [5.74, 6) is 0. The molecule has 104 valence electrons. The second-order valence-corrected chi connectivity index (χ2v) is 6.04. The fraction of sp³-hybridized carbons (Fsp3) is 0.375. The van der Waals surface area contributed by atoms with Gasteiger partial charge in [-0.25, -0.2) is 4.98 Å². The monoisotopic (exact) mass is 286 g/mol. The molecule has 4 heteroatoms. The second-order valence-electron chi connectivity index (χ2n) is 5.03. The van der Waals surface area contributed by atoms with Crippen LogP contribution in [0.1, 0.15) is 33.4 Å². The molecular weight excluding hydrogens is 268 g/mol. The van der Waals surface area contributed by atoms with E-state index in [0.717, 1.165) is 54.3 Å². The van der Waals surface area contributed by atoms with Crippen molar-refractivity contribution in [3.8, 4) is 0 Å². The fourth-order valence-corrected chi connectivity index (χ4v) is 3.71. The number of aldehydes is 1. The lowest BCUT2D eigenvalue weighted by atomic mass is 10.0. The minimum absolute atomic E-state index is 0.782. The Hall–Kier alpha value is -1.68. The molecule has 0 saturated carbocycles. The van der Waals surface area contributed by atoms with Crippen LogP contribution >= 0.6 is 11.3 Å². The molecule has 2 heterocycles. The van der Waals surface area contributed by atoms with Gasteiger partial charge in [0.25, 0.3) is 0 Å². The molecule has 0 saturated heterocycles. The van der Waals surface area contributed by atoms with Crippen molar-refractivity contribution < 1.29 is 4.79 Å². The molecule has 0 radical (unpaired) electrons. The molecule has 1 aliphatic rings. The normalized spacial score (nSPS) is 14.8. The first kappa shape index (κ1) is 13.3. The Labute approximate surface area is 123 Å². The Balaban J connectivity index is 1.83. The molecule has 0 bridgehead atoms. The molecule has 20 heavy (non-hydrogen) atoms. The van der Waals surface area contributed by atoms with Gasteiger partial charge in [0.15, 0.2) is 11.4 Å². The van der Waals surface area contributed by atoms with Crippen LogP contribution < -0.4 is 4.90 Å². The maximum Gasteiger partial charge on any atom is 0.186 e. The maximum absolute atomic E-state index is 11.1. The van der Waals surface area contributed by atoms with Gasteiger partial charge in [-0.15, -0.1) is 0 Å². The first-order valence-corrected chi connectivity index (χ1v) is 7.90. The summed E-state index contributed by atoms with van der Waals surface area (Å²) in [5, 5.41) is 0.997. The van der Waals surface area contributed by atoms with Crippen LogP contribution in [0.15, 0.2) is 24.3 Å². The van der Waals surface area contributed by atoms with E-state index in [2.05, 4.69) is 34.1 Å². The van der Waals surface area contributed by atoms with E-state index in [0.29, 0.717) is 0 Å². The summed E-state index contributed by atoms with van der Waals surface area (Å²) in [5.41, 5.74) is 3.82. The number of thiazole rings is 1. The number of carbonyl (C=O) groups is 1. The van der Waals surface area contributed by atoms with E-state index in [1.54, 1.807) is 0 Å². The van der Waals surface area contributed by atoms with E-state index in [-0.39, 0.29) is 0 Å². The fourth-order valence-electron chi connectivity index (χ4n) is 2.69. The molecular formula is C16H18N2OS. The molecule has 0 spiro atoms. The van der Waals surface area contributed by atoms with Crippen molar-refractivity contribution in [3.05, 3.63) is 46.0 Å². The largest absolute Gasteiger partial charge is 0.347 e. The maximum atomic E-state index is 11.1. The molecule has 0 atom stereocenters. The summed E-state index contributed by atoms with van der Waals surface area (Å²) in [6.45, 7) is 4.00. The standard InChI is InChI=1S/C16H18N2OS/c1-2-14-15(11-19)20-16(17-14)18-9-7-12-5-3-4-6-13(12)8-10-18/h3-6,11H,2,7-10H2,1H3. The molecule has 0 N–H and O–H groups in total. The predicted molar refractivity (Wildman–Crippen MR) is 82.9 cm³/mol. The van der Waals surface area contributed by atoms with E-state index in [1.165, 1.54) is 22.5 Å². The Morgan fingerprint density at radius 1 is 1.25 bits per heavy atom. The zero-order chi connectivity index (χ0) is 13.9. The van der Waals surface area contributed by atoms with Crippen LogP contribution in [-0.2, 0) is 19.3 Å². The van der Waals surface area contributed by atoms with Gasteiger partial charge in [0.2, 0.25) is 0 Å². The Morgan fingerprint density at radius 2 is 1.90 bits per heavy atom. The lowest BCUT2D eigenvalue weighted by Crippen LogP contribution is -2.25. The minimum Gasteiger partial charge on any atom is -0.347 e. The highest BCUT2D eigenvalue weighted by Crippen LogP contribution is 2.27. The van der Waals surface area contributed by atoms with Gasteiger partial charge in [-0.2, -0.15) is 0 Å². The lowest BCUT2D eigenvalue weighted by molar-refractivity contribution is 0.112. The molecule has 0 fully saturated rings. The Kier molecular flexibility index (Phi) is 3.83. The molecule has 1 aliphatic heterocycles. The van der Waals surface area contributed by atoms with Crippen molar-refractivity contribution in [2.24, 2.45) is 0 Å². The third-order valence-corrected chi connectivity index (χ3v) is 4.93. The summed E-state index contributed by atoms with van der Waals surface area (Å²) in [6, 6.07) is 8.65. The smallest absolute Gasteiger partial charge is 0.186 e. The number of carbonyl (C=O) groups excluding carboxylic acids is 1. The summed E-state index contributed by atoms with van der Waals surface area (Å²) in [7, 11) is 0. The molecule has 0 unspecified atom stereocenters. The average Bonchev–Trinajstić information content (AvgIpc) is 2.79. The van der Waals surface area contributed by atoms with Crippen LogP contribution in [0.2, 0.25) is 0 Å². The molecule has 3 rings (SSSR count). The van der Waals surface area contributed by atoms with Crippen molar-refractivity contribution in [1.29, 1.82) is 0 Å². The Morgan fingerprint density at radius 3 is 2.40 bits per heavy atom. The van der Waals surface area contributed by atoms with Gasteiger partial charge >= 0.3 is 0 Å². The van der Waals surface area contributed by atoms with E-state index < -0.39 is 0 Å². The molecule has 0 amide bonds. The van der Waals surface area contributed by atoms with Gasteiger partial charge in [-0.3, -0.25) is 4.79 Å². The van der Waals surface area contributed by atoms with E-state index >= 15 is 0 Å². The molecule has 2 aromatic rings. The minimum atomic E-state index is 0.782. The number of hydrogen-bond donors (Lipinski definition) is 0. The number of anilines is 1. The van der Waals surface area contributed by atoms with Gasteiger partial charge < -0.3 is 4.90 Å². The summed E-state index contributed by atoms with van der Waals surface area (Å²) in [4.78, 5) is 18.8. The van der Waals surface area contributed by atoms with Crippen LogP contribution in [0.3, 0.4) is 0 Å². The van der Waals surface area contributed by atoms with Crippen molar-refractivity contribution >= 4 is 22.8 Å². The highest BCUT2D eigenvalue weighted by Gasteiger charge is 2.18. The highest BCUT2D eigenvalue weighted by molar-refractivity contribution is 7.17. The topological polar surface area (TPSA) is 33.2 Å². The summed E-state index contributed by atoms with van der Waals surface area (Å²) in [6.07, 6.45) is 3.85. The third kappa shape index (κ3) is 2.48.